The molecule has 2 heterocycles. The summed E-state index contributed by atoms with van der Waals surface area (Å²) in [5.41, 5.74) is 1.57. The van der Waals surface area contributed by atoms with Crippen LogP contribution in [-0.4, -0.2) is 30.4 Å². The second kappa shape index (κ2) is 5.58. The van der Waals surface area contributed by atoms with Gasteiger partial charge in [-0.1, -0.05) is 5.21 Å². The highest BCUT2D eigenvalue weighted by atomic mass is 35.5. The highest BCUT2D eigenvalue weighted by Gasteiger charge is 2.11. The molecular weight excluding hydrogens is 281 g/mol. The summed E-state index contributed by atoms with van der Waals surface area (Å²) in [5, 5.41) is 7.70. The number of alkyl halides is 1. The van der Waals surface area contributed by atoms with Crippen molar-refractivity contribution in [3.63, 3.8) is 0 Å². The van der Waals surface area contributed by atoms with Crippen LogP contribution in [0.25, 0.3) is 11.0 Å². The number of hydrogen-bond donors (Lipinski definition) is 0. The Labute approximate surface area is 120 Å². The van der Waals surface area contributed by atoms with Crippen molar-refractivity contribution in [2.75, 3.05) is 5.88 Å². The third kappa shape index (κ3) is 2.51. The van der Waals surface area contributed by atoms with Gasteiger partial charge >= 0.3 is 0 Å². The van der Waals surface area contributed by atoms with Crippen LogP contribution in [0.1, 0.15) is 5.82 Å². The molecule has 0 spiro atoms. The summed E-state index contributed by atoms with van der Waals surface area (Å²) in [6, 6.07) is 4.64. The number of nitrogens with zero attached hydrogens (tertiary/aromatic N) is 5. The van der Waals surface area contributed by atoms with Crippen LogP contribution in [0.4, 0.5) is 4.39 Å². The lowest BCUT2D eigenvalue weighted by Gasteiger charge is -2.08. The Balaban J connectivity index is 1.95. The minimum Gasteiger partial charge on any atom is -0.326 e. The molecule has 0 fully saturated rings. The Bertz CT molecular complexity index is 707. The molecule has 1 aromatic carbocycles. The molecule has 0 saturated heterocycles. The zero-order valence-corrected chi connectivity index (χ0v) is 11.5. The van der Waals surface area contributed by atoms with E-state index >= 15 is 0 Å². The topological polar surface area (TPSA) is 48.5 Å². The van der Waals surface area contributed by atoms with Crippen molar-refractivity contribution in [2.24, 2.45) is 0 Å². The van der Waals surface area contributed by atoms with Crippen molar-refractivity contribution in [1.82, 2.24) is 24.5 Å². The van der Waals surface area contributed by atoms with E-state index in [1.807, 2.05) is 0 Å². The van der Waals surface area contributed by atoms with Gasteiger partial charge in [-0.25, -0.2) is 9.37 Å². The lowest BCUT2D eigenvalue weighted by Crippen LogP contribution is -2.11. The van der Waals surface area contributed by atoms with Gasteiger partial charge in [-0.2, -0.15) is 0 Å². The number of imidazole rings is 1. The van der Waals surface area contributed by atoms with Gasteiger partial charge in [0.2, 0.25) is 0 Å². The molecule has 0 saturated carbocycles. The van der Waals surface area contributed by atoms with E-state index in [9.17, 15) is 4.39 Å². The van der Waals surface area contributed by atoms with Crippen LogP contribution in [0.3, 0.4) is 0 Å². The van der Waals surface area contributed by atoms with Gasteiger partial charge in [0.05, 0.1) is 23.8 Å². The highest BCUT2D eigenvalue weighted by molar-refractivity contribution is 6.17. The molecule has 0 N–H and O–H groups in total. The Morgan fingerprint density at radius 2 is 2.15 bits per heavy atom. The molecule has 0 bridgehead atoms. The maximum absolute atomic E-state index is 13.3. The van der Waals surface area contributed by atoms with E-state index in [1.165, 1.54) is 12.1 Å². The summed E-state index contributed by atoms with van der Waals surface area (Å²) in [4.78, 5) is 4.46. The molecule has 3 rings (SSSR count). The van der Waals surface area contributed by atoms with Gasteiger partial charge in [-0.15, -0.1) is 16.7 Å². The summed E-state index contributed by atoms with van der Waals surface area (Å²) in [7, 11) is 0. The second-order valence-corrected chi connectivity index (χ2v) is 4.80. The Morgan fingerprint density at radius 1 is 1.25 bits per heavy atom. The van der Waals surface area contributed by atoms with E-state index in [0.717, 1.165) is 11.3 Å². The third-order valence-electron chi connectivity index (χ3n) is 3.13. The predicted octanol–water partition coefficient (Wildman–Crippen LogP) is 2.25. The highest BCUT2D eigenvalue weighted by Crippen LogP contribution is 2.18. The average Bonchev–Trinajstić information content (AvgIpc) is 3.04. The molecule has 7 heteroatoms. The van der Waals surface area contributed by atoms with Crippen molar-refractivity contribution >= 4 is 22.6 Å². The van der Waals surface area contributed by atoms with Crippen molar-refractivity contribution in [1.29, 1.82) is 0 Å². The molecule has 0 aliphatic heterocycles. The maximum atomic E-state index is 13.3. The number of hydrogen-bond acceptors (Lipinski definition) is 3. The van der Waals surface area contributed by atoms with E-state index in [0.29, 0.717) is 30.9 Å². The van der Waals surface area contributed by atoms with Gasteiger partial charge in [0, 0.05) is 31.1 Å². The van der Waals surface area contributed by atoms with E-state index in [1.54, 1.807) is 23.1 Å². The molecule has 104 valence electrons. The van der Waals surface area contributed by atoms with Crippen molar-refractivity contribution in [3.8, 4) is 0 Å². The molecule has 2 aromatic heterocycles. The van der Waals surface area contributed by atoms with Gasteiger partial charge in [0.25, 0.3) is 0 Å². The summed E-state index contributed by atoms with van der Waals surface area (Å²) in [6.07, 6.45) is 4.09. The first-order valence-corrected chi connectivity index (χ1v) is 6.86. The van der Waals surface area contributed by atoms with E-state index < -0.39 is 0 Å². The van der Waals surface area contributed by atoms with Crippen LogP contribution in [0.5, 0.6) is 0 Å². The van der Waals surface area contributed by atoms with E-state index in [-0.39, 0.29) is 5.82 Å². The van der Waals surface area contributed by atoms with Gasteiger partial charge < -0.3 is 4.57 Å². The summed E-state index contributed by atoms with van der Waals surface area (Å²) >= 11 is 5.81. The normalized spacial score (nSPS) is 11.3. The first-order valence-electron chi connectivity index (χ1n) is 6.32. The molecular formula is C13H13ClFN5. The molecule has 0 aliphatic carbocycles. The predicted molar refractivity (Wildman–Crippen MR) is 74.1 cm³/mol. The van der Waals surface area contributed by atoms with Gasteiger partial charge in [0.15, 0.2) is 0 Å². The number of rotatable bonds is 5. The number of benzene rings is 1. The minimum atomic E-state index is -0.282. The van der Waals surface area contributed by atoms with E-state index in [2.05, 4.69) is 19.9 Å². The molecule has 0 amide bonds. The van der Waals surface area contributed by atoms with Crippen LogP contribution in [-0.2, 0) is 19.5 Å². The van der Waals surface area contributed by atoms with Crippen LogP contribution in [0, 0.1) is 5.82 Å². The molecule has 20 heavy (non-hydrogen) atoms. The quantitative estimate of drug-likeness (QED) is 0.678. The van der Waals surface area contributed by atoms with Crippen LogP contribution in [0.2, 0.25) is 0 Å². The Kier molecular flexibility index (Phi) is 3.64. The molecule has 0 unspecified atom stereocenters. The van der Waals surface area contributed by atoms with Crippen LogP contribution >= 0.6 is 11.6 Å². The van der Waals surface area contributed by atoms with Gasteiger partial charge in [0.1, 0.15) is 11.6 Å². The molecule has 0 atom stereocenters. The maximum Gasteiger partial charge on any atom is 0.125 e. The van der Waals surface area contributed by atoms with Gasteiger partial charge in [-0.3, -0.25) is 4.68 Å². The average molecular weight is 294 g/mol. The molecule has 3 aromatic rings. The fourth-order valence-corrected chi connectivity index (χ4v) is 2.40. The van der Waals surface area contributed by atoms with Crippen molar-refractivity contribution in [2.45, 2.75) is 19.5 Å². The summed E-state index contributed by atoms with van der Waals surface area (Å²) in [6.45, 7) is 1.37. The molecule has 0 aliphatic rings. The number of aromatic nitrogens is 5. The van der Waals surface area contributed by atoms with Crippen LogP contribution < -0.4 is 0 Å². The largest absolute Gasteiger partial charge is 0.326 e. The second-order valence-electron chi connectivity index (χ2n) is 4.42. The Morgan fingerprint density at radius 3 is 2.90 bits per heavy atom. The number of fused-ring (bicyclic) bond motifs is 1. The monoisotopic (exact) mass is 293 g/mol. The number of halogens is 2. The lowest BCUT2D eigenvalue weighted by molar-refractivity contribution is 0.516. The fraction of sp³-hybridized carbons (Fsp3) is 0.308. The minimum absolute atomic E-state index is 0.282. The molecule has 5 nitrogen and oxygen atoms in total. The lowest BCUT2D eigenvalue weighted by atomic mass is 10.3. The fourth-order valence-electron chi connectivity index (χ4n) is 2.23. The molecule has 0 radical (unpaired) electrons. The standard InChI is InChI=1S/C13H13ClFN5/c14-4-3-13-17-11-9-10(15)1-2-12(11)20(13)8-7-19-6-5-16-18-19/h1-2,5-6,9H,3-4,7-8H2. The zero-order valence-electron chi connectivity index (χ0n) is 10.7. The van der Waals surface area contributed by atoms with E-state index in [4.69, 9.17) is 11.6 Å². The summed E-state index contributed by atoms with van der Waals surface area (Å²) < 4.78 is 17.1. The zero-order chi connectivity index (χ0) is 13.9. The third-order valence-corrected chi connectivity index (χ3v) is 3.32. The first kappa shape index (κ1) is 13.1. The van der Waals surface area contributed by atoms with Crippen molar-refractivity contribution in [3.05, 3.63) is 42.2 Å². The summed E-state index contributed by atoms with van der Waals surface area (Å²) in [5.74, 6) is 1.06. The van der Waals surface area contributed by atoms with Gasteiger partial charge in [-0.05, 0) is 12.1 Å². The SMILES string of the molecule is Fc1ccc2c(c1)nc(CCCl)n2CCn1ccnn1. The smallest absolute Gasteiger partial charge is 0.125 e. The van der Waals surface area contributed by atoms with Crippen molar-refractivity contribution < 1.29 is 4.39 Å². The Hall–Kier alpha value is -1.95. The van der Waals surface area contributed by atoms with Crippen LogP contribution in [0.15, 0.2) is 30.6 Å². The first-order chi connectivity index (χ1) is 9.78. The number of aryl methyl sites for hydroxylation is 3.